The zero-order valence-corrected chi connectivity index (χ0v) is 14.0. The van der Waals surface area contributed by atoms with E-state index in [9.17, 15) is 4.79 Å². The minimum Gasteiger partial charge on any atom is -0.337 e. The zero-order chi connectivity index (χ0) is 15.6. The summed E-state index contributed by atoms with van der Waals surface area (Å²) < 4.78 is 0. The van der Waals surface area contributed by atoms with Gasteiger partial charge in [0.25, 0.3) is 0 Å². The predicted molar refractivity (Wildman–Crippen MR) is 87.3 cm³/mol. The van der Waals surface area contributed by atoms with Crippen LogP contribution in [0.15, 0.2) is 24.3 Å². The highest BCUT2D eigenvalue weighted by molar-refractivity contribution is 5.79. The first-order chi connectivity index (χ1) is 9.91. The van der Waals surface area contributed by atoms with Crippen molar-refractivity contribution < 1.29 is 4.79 Å². The fraction of sp³-hybridized carbons (Fsp3) is 0.611. The van der Waals surface area contributed by atoms with Gasteiger partial charge in [-0.3, -0.25) is 9.69 Å². The fourth-order valence-electron chi connectivity index (χ4n) is 3.57. The van der Waals surface area contributed by atoms with Crippen LogP contribution in [-0.2, 0) is 11.2 Å². The molecular weight excluding hydrogens is 260 g/mol. The minimum atomic E-state index is 0.229. The number of aryl methyl sites for hydroxylation is 1. The molecule has 0 fully saturated rings. The summed E-state index contributed by atoms with van der Waals surface area (Å²) in [7, 11) is 2.07. The van der Waals surface area contributed by atoms with E-state index in [2.05, 4.69) is 63.9 Å². The Morgan fingerprint density at radius 2 is 1.81 bits per heavy atom. The molecule has 3 nitrogen and oxygen atoms in total. The maximum Gasteiger partial charge on any atom is 0.237 e. The second-order valence-electron chi connectivity index (χ2n) is 6.66. The van der Waals surface area contributed by atoms with Gasteiger partial charge in [-0.1, -0.05) is 24.3 Å². The van der Waals surface area contributed by atoms with E-state index in [1.807, 2.05) is 4.90 Å². The van der Waals surface area contributed by atoms with Crippen LogP contribution in [0.1, 0.15) is 51.3 Å². The van der Waals surface area contributed by atoms with Crippen LogP contribution in [0.25, 0.3) is 0 Å². The van der Waals surface area contributed by atoms with Gasteiger partial charge in [0, 0.05) is 18.1 Å². The normalized spacial score (nSPS) is 17.6. The topological polar surface area (TPSA) is 23.6 Å². The first-order valence-corrected chi connectivity index (χ1v) is 8.01. The van der Waals surface area contributed by atoms with Gasteiger partial charge >= 0.3 is 0 Å². The van der Waals surface area contributed by atoms with Gasteiger partial charge in [0.2, 0.25) is 5.91 Å². The second-order valence-corrected chi connectivity index (χ2v) is 6.66. The number of hydrogen-bond acceptors (Lipinski definition) is 2. The number of carbonyl (C=O) groups excluding carboxylic acids is 1. The van der Waals surface area contributed by atoms with E-state index in [-0.39, 0.29) is 18.0 Å². The third-order valence-electron chi connectivity index (χ3n) is 4.42. The smallest absolute Gasteiger partial charge is 0.237 e. The lowest BCUT2D eigenvalue weighted by Crippen LogP contribution is -2.46. The first-order valence-electron chi connectivity index (χ1n) is 8.01. The summed E-state index contributed by atoms with van der Waals surface area (Å²) in [5, 5.41) is 0. The molecule has 0 heterocycles. The summed E-state index contributed by atoms with van der Waals surface area (Å²) in [4.78, 5) is 16.8. The predicted octanol–water partition coefficient (Wildman–Crippen LogP) is 3.25. The Balaban J connectivity index is 2.05. The van der Waals surface area contributed by atoms with Crippen molar-refractivity contribution in [2.24, 2.45) is 0 Å². The van der Waals surface area contributed by atoms with Crippen molar-refractivity contribution in [3.05, 3.63) is 35.4 Å². The van der Waals surface area contributed by atoms with Crippen molar-refractivity contribution in [3.8, 4) is 0 Å². The Bertz CT molecular complexity index is 488. The Kier molecular flexibility index (Phi) is 5.04. The molecule has 116 valence electrons. The number of amides is 1. The Morgan fingerprint density at radius 3 is 2.43 bits per heavy atom. The number of rotatable bonds is 5. The van der Waals surface area contributed by atoms with E-state index in [1.165, 1.54) is 11.1 Å². The van der Waals surface area contributed by atoms with Gasteiger partial charge in [-0.05, 0) is 58.7 Å². The molecule has 2 rings (SSSR count). The molecule has 1 aromatic carbocycles. The molecule has 3 heteroatoms. The van der Waals surface area contributed by atoms with Crippen molar-refractivity contribution in [2.45, 2.75) is 58.7 Å². The molecular formula is C18H28N2O. The molecule has 0 aromatic heterocycles. The lowest BCUT2D eigenvalue weighted by atomic mass is 10.1. The average Bonchev–Trinajstić information content (AvgIpc) is 2.81. The lowest BCUT2D eigenvalue weighted by molar-refractivity contribution is -0.136. The number of nitrogens with zero attached hydrogens (tertiary/aromatic N) is 2. The first kappa shape index (κ1) is 16.0. The molecule has 1 aromatic rings. The molecule has 1 aliphatic rings. The Morgan fingerprint density at radius 1 is 1.19 bits per heavy atom. The zero-order valence-electron chi connectivity index (χ0n) is 14.0. The summed E-state index contributed by atoms with van der Waals surface area (Å²) in [6.45, 7) is 8.84. The number of carbonyl (C=O) groups is 1. The van der Waals surface area contributed by atoms with Crippen LogP contribution in [0.3, 0.4) is 0 Å². The van der Waals surface area contributed by atoms with Crippen molar-refractivity contribution in [1.82, 2.24) is 9.80 Å². The molecule has 1 atom stereocenters. The molecule has 1 unspecified atom stereocenters. The SMILES string of the molecule is CC(C)N(C(=O)CN(C)C1CCc2ccccc21)C(C)C. The fourth-order valence-corrected chi connectivity index (χ4v) is 3.57. The number of fused-ring (bicyclic) bond motifs is 1. The van der Waals surface area contributed by atoms with Crippen LogP contribution in [0.5, 0.6) is 0 Å². The van der Waals surface area contributed by atoms with Crippen LogP contribution in [-0.4, -0.2) is 41.4 Å². The third kappa shape index (κ3) is 3.46. The highest BCUT2D eigenvalue weighted by Crippen LogP contribution is 2.34. The monoisotopic (exact) mass is 288 g/mol. The van der Waals surface area contributed by atoms with E-state index in [1.54, 1.807) is 0 Å². The van der Waals surface area contributed by atoms with Crippen molar-refractivity contribution in [2.75, 3.05) is 13.6 Å². The average molecular weight is 288 g/mol. The molecule has 0 radical (unpaired) electrons. The maximum absolute atomic E-state index is 12.6. The van der Waals surface area contributed by atoms with Gasteiger partial charge in [-0.15, -0.1) is 0 Å². The van der Waals surface area contributed by atoms with Gasteiger partial charge < -0.3 is 4.90 Å². The lowest BCUT2D eigenvalue weighted by Gasteiger charge is -2.34. The summed E-state index contributed by atoms with van der Waals surface area (Å²) in [6.07, 6.45) is 2.24. The molecule has 0 saturated carbocycles. The van der Waals surface area contributed by atoms with Crippen molar-refractivity contribution in [3.63, 3.8) is 0 Å². The van der Waals surface area contributed by atoms with E-state index < -0.39 is 0 Å². The summed E-state index contributed by atoms with van der Waals surface area (Å²) >= 11 is 0. The standard InChI is InChI=1S/C18H28N2O/c1-13(2)20(14(3)4)18(21)12-19(5)17-11-10-15-8-6-7-9-16(15)17/h6-9,13-14,17H,10-12H2,1-5H3. The molecule has 0 bridgehead atoms. The molecule has 0 N–H and O–H groups in total. The van der Waals surface area contributed by atoms with Gasteiger partial charge in [0.1, 0.15) is 0 Å². The molecule has 0 saturated heterocycles. The van der Waals surface area contributed by atoms with Crippen LogP contribution in [0.2, 0.25) is 0 Å². The van der Waals surface area contributed by atoms with E-state index in [4.69, 9.17) is 0 Å². The molecule has 0 spiro atoms. The molecule has 21 heavy (non-hydrogen) atoms. The third-order valence-corrected chi connectivity index (χ3v) is 4.42. The van der Waals surface area contributed by atoms with Crippen molar-refractivity contribution in [1.29, 1.82) is 0 Å². The van der Waals surface area contributed by atoms with Crippen molar-refractivity contribution >= 4 is 5.91 Å². The highest BCUT2D eigenvalue weighted by Gasteiger charge is 2.28. The van der Waals surface area contributed by atoms with E-state index >= 15 is 0 Å². The number of likely N-dealkylation sites (N-methyl/N-ethyl adjacent to an activating group) is 1. The van der Waals surface area contributed by atoms with Gasteiger partial charge in [-0.25, -0.2) is 0 Å². The number of benzene rings is 1. The molecule has 1 amide bonds. The van der Waals surface area contributed by atoms with E-state index in [0.717, 1.165) is 12.8 Å². The highest BCUT2D eigenvalue weighted by atomic mass is 16.2. The summed E-state index contributed by atoms with van der Waals surface area (Å²) in [5.74, 6) is 0.229. The van der Waals surface area contributed by atoms with Crippen LogP contribution < -0.4 is 0 Å². The molecule has 0 aliphatic heterocycles. The van der Waals surface area contributed by atoms with E-state index in [0.29, 0.717) is 12.6 Å². The second kappa shape index (κ2) is 6.61. The van der Waals surface area contributed by atoms with Gasteiger partial charge in [-0.2, -0.15) is 0 Å². The largest absolute Gasteiger partial charge is 0.337 e. The minimum absolute atomic E-state index is 0.229. The van der Waals surface area contributed by atoms with Gasteiger partial charge in [0.15, 0.2) is 0 Å². The summed E-state index contributed by atoms with van der Waals surface area (Å²) in [6, 6.07) is 9.50. The van der Waals surface area contributed by atoms with Crippen LogP contribution >= 0.6 is 0 Å². The summed E-state index contributed by atoms with van der Waals surface area (Å²) in [5.41, 5.74) is 2.83. The quantitative estimate of drug-likeness (QED) is 0.830. The maximum atomic E-state index is 12.6. The van der Waals surface area contributed by atoms with Crippen LogP contribution in [0.4, 0.5) is 0 Å². The van der Waals surface area contributed by atoms with Gasteiger partial charge in [0.05, 0.1) is 6.54 Å². The van der Waals surface area contributed by atoms with Crippen LogP contribution in [0, 0.1) is 0 Å². The Hall–Kier alpha value is -1.35. The number of hydrogen-bond donors (Lipinski definition) is 0. The Labute approximate surface area is 128 Å². The molecule has 1 aliphatic carbocycles.